The van der Waals surface area contributed by atoms with Gasteiger partial charge >= 0.3 is 0 Å². The summed E-state index contributed by atoms with van der Waals surface area (Å²) in [4.78, 5) is 6.45. The number of nitrogens with one attached hydrogen (secondary N) is 2. The van der Waals surface area contributed by atoms with Gasteiger partial charge in [-0.2, -0.15) is 0 Å². The van der Waals surface area contributed by atoms with Crippen LogP contribution < -0.4 is 10.6 Å². The molecule has 0 amide bonds. The zero-order valence-electron chi connectivity index (χ0n) is 13.9. The summed E-state index contributed by atoms with van der Waals surface area (Å²) >= 11 is 0. The normalized spacial score (nSPS) is 32.4. The number of rotatable bonds is 8. The third kappa shape index (κ3) is 3.59. The van der Waals surface area contributed by atoms with Crippen LogP contribution in [-0.2, 0) is 0 Å². The summed E-state index contributed by atoms with van der Waals surface area (Å²) in [5.41, 5.74) is 3.23. The predicted octanol–water partition coefficient (Wildman–Crippen LogP) is 0.964. The second kappa shape index (κ2) is 6.79. The van der Waals surface area contributed by atoms with Crippen LogP contribution in [0.4, 0.5) is 0 Å². The van der Waals surface area contributed by atoms with Gasteiger partial charge in [0.15, 0.2) is 6.35 Å². The summed E-state index contributed by atoms with van der Waals surface area (Å²) in [6.07, 6.45) is 5.03. The average Bonchev–Trinajstić information content (AvgIpc) is 2.97. The molecule has 0 saturated heterocycles. The quantitative estimate of drug-likeness (QED) is 0.462. The third-order valence-electron chi connectivity index (χ3n) is 5.57. The highest BCUT2D eigenvalue weighted by molar-refractivity contribution is 5.82. The van der Waals surface area contributed by atoms with Gasteiger partial charge in [-0.3, -0.25) is 15.2 Å². The fraction of sp³-hybridized carbons (Fsp3) is 0.824. The van der Waals surface area contributed by atoms with Crippen LogP contribution in [0, 0.1) is 11.3 Å². The van der Waals surface area contributed by atoms with Crippen LogP contribution >= 0.6 is 0 Å². The van der Waals surface area contributed by atoms with Crippen molar-refractivity contribution in [2.75, 3.05) is 39.3 Å². The molecule has 3 N–H and O–H groups in total. The highest BCUT2D eigenvalue weighted by Gasteiger charge is 2.48. The van der Waals surface area contributed by atoms with Crippen molar-refractivity contribution in [3.05, 3.63) is 11.1 Å². The first-order valence-corrected chi connectivity index (χ1v) is 8.69. The molecule has 3 atom stereocenters. The molecule has 1 aliphatic carbocycles. The lowest BCUT2D eigenvalue weighted by Gasteiger charge is -2.24. The Kier molecular flexibility index (Phi) is 4.97. The Morgan fingerprint density at radius 3 is 3.14 bits per heavy atom. The number of dihydropyridines is 1. The maximum Gasteiger partial charge on any atom is 0.163 e. The van der Waals surface area contributed by atoms with E-state index in [4.69, 9.17) is 0 Å². The van der Waals surface area contributed by atoms with Crippen LogP contribution in [0.2, 0.25) is 0 Å². The largest absolute Gasteiger partial charge is 0.365 e. The SMILES string of the molecule is CCNCCC1(C)CC1CNC(O)N1CC2=C(CCN=C2)C1. The van der Waals surface area contributed by atoms with Gasteiger partial charge in [0.1, 0.15) is 0 Å². The number of aliphatic hydroxyl groups excluding tert-OH is 1. The van der Waals surface area contributed by atoms with Crippen LogP contribution in [-0.4, -0.2) is 61.8 Å². The minimum Gasteiger partial charge on any atom is -0.365 e. The smallest absolute Gasteiger partial charge is 0.163 e. The Hall–Kier alpha value is -0.750. The Morgan fingerprint density at radius 2 is 2.36 bits per heavy atom. The molecule has 3 rings (SSSR count). The van der Waals surface area contributed by atoms with E-state index in [1.54, 1.807) is 0 Å². The second-order valence-corrected chi connectivity index (χ2v) is 7.26. The lowest BCUT2D eigenvalue weighted by atomic mass is 10.0. The van der Waals surface area contributed by atoms with E-state index in [0.29, 0.717) is 11.3 Å². The maximum atomic E-state index is 10.4. The molecule has 2 aliphatic heterocycles. The van der Waals surface area contributed by atoms with Crippen LogP contribution in [0.1, 0.15) is 33.1 Å². The summed E-state index contributed by atoms with van der Waals surface area (Å²) in [6, 6.07) is 0. The lowest BCUT2D eigenvalue weighted by molar-refractivity contribution is -0.00638. The molecule has 5 heteroatoms. The van der Waals surface area contributed by atoms with Gasteiger partial charge in [-0.05, 0) is 54.8 Å². The maximum absolute atomic E-state index is 10.4. The van der Waals surface area contributed by atoms with E-state index in [2.05, 4.69) is 34.4 Å². The van der Waals surface area contributed by atoms with E-state index in [0.717, 1.165) is 45.7 Å². The van der Waals surface area contributed by atoms with Crippen molar-refractivity contribution < 1.29 is 5.11 Å². The second-order valence-electron chi connectivity index (χ2n) is 7.26. The molecule has 0 aromatic carbocycles. The highest BCUT2D eigenvalue weighted by atomic mass is 16.3. The summed E-state index contributed by atoms with van der Waals surface area (Å²) < 4.78 is 0. The highest BCUT2D eigenvalue weighted by Crippen LogP contribution is 2.54. The van der Waals surface area contributed by atoms with Crippen molar-refractivity contribution in [1.82, 2.24) is 15.5 Å². The minimum absolute atomic E-state index is 0.462. The van der Waals surface area contributed by atoms with E-state index in [-0.39, 0.29) is 0 Å². The van der Waals surface area contributed by atoms with Gasteiger partial charge in [0.2, 0.25) is 0 Å². The van der Waals surface area contributed by atoms with E-state index in [9.17, 15) is 5.11 Å². The molecule has 124 valence electrons. The Bertz CT molecular complexity index is 462. The van der Waals surface area contributed by atoms with Crippen molar-refractivity contribution in [3.63, 3.8) is 0 Å². The van der Waals surface area contributed by atoms with Gasteiger partial charge in [0.25, 0.3) is 0 Å². The van der Waals surface area contributed by atoms with Crippen molar-refractivity contribution >= 4 is 6.21 Å². The molecular formula is C17H30N4O. The monoisotopic (exact) mass is 306 g/mol. The van der Waals surface area contributed by atoms with Gasteiger partial charge in [0, 0.05) is 32.4 Å². The number of aliphatic imine (C=N–C) groups is 1. The van der Waals surface area contributed by atoms with E-state index >= 15 is 0 Å². The van der Waals surface area contributed by atoms with Crippen LogP contribution in [0.5, 0.6) is 0 Å². The van der Waals surface area contributed by atoms with Gasteiger partial charge in [-0.15, -0.1) is 0 Å². The number of nitrogens with zero attached hydrogens (tertiary/aromatic N) is 2. The summed E-state index contributed by atoms with van der Waals surface area (Å²) in [6.45, 7) is 10.2. The minimum atomic E-state index is -0.530. The number of aliphatic hydroxyl groups is 1. The summed E-state index contributed by atoms with van der Waals surface area (Å²) in [7, 11) is 0. The zero-order valence-corrected chi connectivity index (χ0v) is 13.9. The molecule has 3 aliphatic rings. The molecule has 3 unspecified atom stereocenters. The number of hydrogen-bond acceptors (Lipinski definition) is 5. The van der Waals surface area contributed by atoms with Gasteiger partial charge in [-0.25, -0.2) is 0 Å². The topological polar surface area (TPSA) is 59.9 Å². The first kappa shape index (κ1) is 16.1. The van der Waals surface area contributed by atoms with Crippen molar-refractivity contribution in [2.45, 2.75) is 39.5 Å². The molecule has 0 radical (unpaired) electrons. The lowest BCUT2D eigenvalue weighted by Crippen LogP contribution is -2.45. The molecule has 22 heavy (non-hydrogen) atoms. The molecule has 0 aromatic heterocycles. The van der Waals surface area contributed by atoms with E-state index in [1.807, 2.05) is 6.21 Å². The van der Waals surface area contributed by atoms with Crippen LogP contribution in [0.3, 0.4) is 0 Å². The van der Waals surface area contributed by atoms with Gasteiger partial charge in [0.05, 0.1) is 0 Å². The first-order valence-electron chi connectivity index (χ1n) is 8.69. The van der Waals surface area contributed by atoms with Crippen molar-refractivity contribution in [1.29, 1.82) is 0 Å². The molecule has 2 heterocycles. The average molecular weight is 306 g/mol. The van der Waals surface area contributed by atoms with E-state index < -0.39 is 6.35 Å². The summed E-state index contributed by atoms with van der Waals surface area (Å²) in [5.74, 6) is 0.701. The van der Waals surface area contributed by atoms with Crippen LogP contribution in [0.25, 0.3) is 0 Å². The van der Waals surface area contributed by atoms with E-state index in [1.165, 1.54) is 24.0 Å². The standard InChI is InChI=1S/C17H30N4O/c1-3-18-7-5-17(2)8-15(17)10-20-16(22)21-11-13-4-6-19-9-14(13)12-21/h9,15-16,18,20,22H,3-8,10-12H2,1-2H3. The molecular weight excluding hydrogens is 276 g/mol. The summed E-state index contributed by atoms with van der Waals surface area (Å²) in [5, 5.41) is 17.1. The van der Waals surface area contributed by atoms with Crippen molar-refractivity contribution in [2.24, 2.45) is 16.3 Å². The molecule has 1 fully saturated rings. The van der Waals surface area contributed by atoms with Gasteiger partial charge < -0.3 is 10.4 Å². The Labute approximate surface area is 133 Å². The predicted molar refractivity (Wildman–Crippen MR) is 90.0 cm³/mol. The van der Waals surface area contributed by atoms with Gasteiger partial charge in [-0.1, -0.05) is 13.8 Å². The molecule has 0 aromatic rings. The third-order valence-corrected chi connectivity index (χ3v) is 5.57. The first-order chi connectivity index (χ1) is 10.6. The molecule has 0 bridgehead atoms. The molecule has 0 spiro atoms. The fourth-order valence-corrected chi connectivity index (χ4v) is 3.71. The number of hydrogen-bond donors (Lipinski definition) is 3. The van der Waals surface area contributed by atoms with Crippen LogP contribution in [0.15, 0.2) is 16.1 Å². The Morgan fingerprint density at radius 1 is 1.50 bits per heavy atom. The zero-order chi connectivity index (χ0) is 15.6. The molecule has 5 nitrogen and oxygen atoms in total. The molecule has 1 saturated carbocycles. The Balaban J connectivity index is 1.37. The fourth-order valence-electron chi connectivity index (χ4n) is 3.71. The van der Waals surface area contributed by atoms with Crippen molar-refractivity contribution in [3.8, 4) is 0 Å².